The standard InChI is InChI=1S/C9H17NO5/c1-4(12)10-7-6(13)2-5(3-11)8(14)9(7)15/h5-9,11,13-15H,2-3H2,1H3,(H,10,12)/t5-,6-,7-,8-,9-/m0/s1. The van der Waals surface area contributed by atoms with Gasteiger partial charge in [-0.3, -0.25) is 4.79 Å². The lowest BCUT2D eigenvalue weighted by Crippen LogP contribution is -2.60. The minimum atomic E-state index is -1.25. The summed E-state index contributed by atoms with van der Waals surface area (Å²) < 4.78 is 0. The molecule has 0 aliphatic heterocycles. The lowest BCUT2D eigenvalue weighted by Gasteiger charge is -2.40. The summed E-state index contributed by atoms with van der Waals surface area (Å²) in [4.78, 5) is 10.8. The van der Waals surface area contributed by atoms with Crippen molar-refractivity contribution < 1.29 is 25.2 Å². The van der Waals surface area contributed by atoms with E-state index in [2.05, 4.69) is 5.32 Å². The first-order valence-corrected chi connectivity index (χ1v) is 4.89. The first-order valence-electron chi connectivity index (χ1n) is 4.89. The zero-order valence-corrected chi connectivity index (χ0v) is 8.50. The van der Waals surface area contributed by atoms with Crippen molar-refractivity contribution in [3.63, 3.8) is 0 Å². The van der Waals surface area contributed by atoms with Crippen LogP contribution in [0.3, 0.4) is 0 Å². The molecule has 1 fully saturated rings. The van der Waals surface area contributed by atoms with Crippen LogP contribution in [-0.4, -0.2) is 57.3 Å². The van der Waals surface area contributed by atoms with Crippen LogP contribution in [0.2, 0.25) is 0 Å². The van der Waals surface area contributed by atoms with Crippen LogP contribution < -0.4 is 5.32 Å². The summed E-state index contributed by atoms with van der Waals surface area (Å²) in [5.41, 5.74) is 0. The fourth-order valence-corrected chi connectivity index (χ4v) is 1.91. The van der Waals surface area contributed by atoms with Crippen LogP contribution in [0.5, 0.6) is 0 Å². The van der Waals surface area contributed by atoms with Gasteiger partial charge < -0.3 is 25.7 Å². The zero-order valence-electron chi connectivity index (χ0n) is 8.50. The molecule has 88 valence electrons. The molecule has 1 aliphatic carbocycles. The number of carbonyl (C=O) groups excluding carboxylic acids is 1. The van der Waals surface area contributed by atoms with Gasteiger partial charge in [-0.1, -0.05) is 0 Å². The molecule has 1 aliphatic rings. The Hall–Kier alpha value is -0.690. The summed E-state index contributed by atoms with van der Waals surface area (Å²) in [6.45, 7) is 0.964. The summed E-state index contributed by atoms with van der Waals surface area (Å²) >= 11 is 0. The maximum absolute atomic E-state index is 10.8. The Morgan fingerprint density at radius 3 is 2.40 bits per heavy atom. The Morgan fingerprint density at radius 1 is 1.33 bits per heavy atom. The average molecular weight is 219 g/mol. The minimum Gasteiger partial charge on any atom is -0.396 e. The predicted octanol–water partition coefficient (Wildman–Crippen LogP) is -2.41. The van der Waals surface area contributed by atoms with Gasteiger partial charge in [-0.25, -0.2) is 0 Å². The summed E-state index contributed by atoms with van der Waals surface area (Å²) in [6, 6.07) is -0.875. The van der Waals surface area contributed by atoms with E-state index in [-0.39, 0.29) is 18.9 Å². The molecule has 1 saturated carbocycles. The number of rotatable bonds is 2. The largest absolute Gasteiger partial charge is 0.396 e. The van der Waals surface area contributed by atoms with Crippen molar-refractivity contribution >= 4 is 5.91 Å². The molecular weight excluding hydrogens is 202 g/mol. The second-order valence-electron chi connectivity index (χ2n) is 3.95. The molecule has 15 heavy (non-hydrogen) atoms. The Bertz CT molecular complexity index is 235. The molecule has 1 rings (SSSR count). The van der Waals surface area contributed by atoms with Crippen LogP contribution in [0.4, 0.5) is 0 Å². The molecular formula is C9H17NO5. The van der Waals surface area contributed by atoms with Crippen molar-refractivity contribution in [1.29, 1.82) is 0 Å². The number of hydrogen-bond donors (Lipinski definition) is 5. The zero-order chi connectivity index (χ0) is 11.6. The van der Waals surface area contributed by atoms with Gasteiger partial charge in [-0.15, -0.1) is 0 Å². The summed E-state index contributed by atoms with van der Waals surface area (Å²) in [6.07, 6.45) is -3.19. The smallest absolute Gasteiger partial charge is 0.217 e. The molecule has 6 nitrogen and oxygen atoms in total. The highest BCUT2D eigenvalue weighted by molar-refractivity contribution is 5.73. The van der Waals surface area contributed by atoms with Gasteiger partial charge in [-0.05, 0) is 6.42 Å². The number of amides is 1. The van der Waals surface area contributed by atoms with Crippen LogP contribution >= 0.6 is 0 Å². The molecule has 0 heterocycles. The third-order valence-electron chi connectivity index (χ3n) is 2.76. The first-order chi connectivity index (χ1) is 6.97. The number of nitrogens with one attached hydrogen (secondary N) is 1. The first kappa shape index (κ1) is 12.4. The Morgan fingerprint density at radius 2 is 1.93 bits per heavy atom. The fraction of sp³-hybridized carbons (Fsp3) is 0.889. The SMILES string of the molecule is CC(=O)N[C@@H]1[C@H](O)[C@@H](O)[C@H](CO)C[C@@H]1O. The van der Waals surface area contributed by atoms with E-state index in [4.69, 9.17) is 5.11 Å². The van der Waals surface area contributed by atoms with E-state index in [1.54, 1.807) is 0 Å². The van der Waals surface area contributed by atoms with Crippen molar-refractivity contribution in [2.45, 2.75) is 37.7 Å². The highest BCUT2D eigenvalue weighted by atomic mass is 16.3. The average Bonchev–Trinajstić information content (AvgIpc) is 2.18. The van der Waals surface area contributed by atoms with Gasteiger partial charge in [0.1, 0.15) is 6.10 Å². The van der Waals surface area contributed by atoms with Crippen molar-refractivity contribution in [2.24, 2.45) is 5.92 Å². The van der Waals surface area contributed by atoms with Gasteiger partial charge in [0.15, 0.2) is 0 Å². The maximum Gasteiger partial charge on any atom is 0.217 e. The van der Waals surface area contributed by atoms with E-state index < -0.39 is 30.3 Å². The van der Waals surface area contributed by atoms with Crippen molar-refractivity contribution in [3.05, 3.63) is 0 Å². The molecule has 0 aromatic rings. The van der Waals surface area contributed by atoms with E-state index in [1.807, 2.05) is 0 Å². The molecule has 5 atom stereocenters. The van der Waals surface area contributed by atoms with E-state index in [0.717, 1.165) is 0 Å². The van der Waals surface area contributed by atoms with E-state index >= 15 is 0 Å². The van der Waals surface area contributed by atoms with E-state index in [9.17, 15) is 20.1 Å². The molecule has 0 radical (unpaired) electrons. The molecule has 0 bridgehead atoms. The van der Waals surface area contributed by atoms with Gasteiger partial charge in [0.05, 0.1) is 18.2 Å². The Kier molecular flexibility index (Phi) is 4.04. The van der Waals surface area contributed by atoms with Crippen LogP contribution in [-0.2, 0) is 4.79 Å². The summed E-state index contributed by atoms with van der Waals surface area (Å²) in [7, 11) is 0. The molecule has 6 heteroatoms. The highest BCUT2D eigenvalue weighted by Crippen LogP contribution is 2.25. The highest BCUT2D eigenvalue weighted by Gasteiger charge is 2.42. The third-order valence-corrected chi connectivity index (χ3v) is 2.76. The number of carbonyl (C=O) groups is 1. The van der Waals surface area contributed by atoms with Crippen LogP contribution in [0.1, 0.15) is 13.3 Å². The number of hydrogen-bond acceptors (Lipinski definition) is 5. The summed E-state index contributed by atoms with van der Waals surface area (Å²) in [5.74, 6) is -0.937. The van der Waals surface area contributed by atoms with Crippen LogP contribution in [0, 0.1) is 5.92 Å². The monoisotopic (exact) mass is 219 g/mol. The van der Waals surface area contributed by atoms with Gasteiger partial charge in [0.25, 0.3) is 0 Å². The molecule has 0 aromatic heterocycles. The topological polar surface area (TPSA) is 110 Å². The lowest BCUT2D eigenvalue weighted by molar-refractivity contribution is -0.133. The molecule has 0 unspecified atom stereocenters. The van der Waals surface area contributed by atoms with Crippen molar-refractivity contribution in [2.75, 3.05) is 6.61 Å². The molecule has 0 spiro atoms. The van der Waals surface area contributed by atoms with Crippen molar-refractivity contribution in [3.8, 4) is 0 Å². The second kappa shape index (κ2) is 4.89. The molecule has 5 N–H and O–H groups in total. The predicted molar refractivity (Wildman–Crippen MR) is 50.8 cm³/mol. The lowest BCUT2D eigenvalue weighted by atomic mass is 9.80. The molecule has 1 amide bonds. The number of aliphatic hydroxyl groups is 4. The van der Waals surface area contributed by atoms with E-state index in [0.29, 0.717) is 0 Å². The maximum atomic E-state index is 10.8. The fourth-order valence-electron chi connectivity index (χ4n) is 1.91. The quantitative estimate of drug-likeness (QED) is 0.355. The Labute approximate surface area is 87.5 Å². The summed E-state index contributed by atoms with van der Waals surface area (Å²) in [5, 5.41) is 40.1. The Balaban J connectivity index is 2.70. The van der Waals surface area contributed by atoms with Crippen LogP contribution in [0.25, 0.3) is 0 Å². The number of aliphatic hydroxyl groups excluding tert-OH is 4. The van der Waals surface area contributed by atoms with Gasteiger partial charge in [0.2, 0.25) is 5.91 Å². The van der Waals surface area contributed by atoms with Gasteiger partial charge >= 0.3 is 0 Å². The molecule has 0 aromatic carbocycles. The minimum absolute atomic E-state index is 0.152. The van der Waals surface area contributed by atoms with Gasteiger partial charge in [0, 0.05) is 19.4 Å². The van der Waals surface area contributed by atoms with E-state index in [1.165, 1.54) is 6.92 Å². The molecule has 0 saturated heterocycles. The van der Waals surface area contributed by atoms with Crippen LogP contribution in [0.15, 0.2) is 0 Å². The van der Waals surface area contributed by atoms with Crippen molar-refractivity contribution in [1.82, 2.24) is 5.32 Å². The van der Waals surface area contributed by atoms with Gasteiger partial charge in [-0.2, -0.15) is 0 Å². The second-order valence-corrected chi connectivity index (χ2v) is 3.95. The normalized spacial score (nSPS) is 41.3. The third kappa shape index (κ3) is 2.66.